The zero-order valence-electron chi connectivity index (χ0n) is 7.82. The van der Waals surface area contributed by atoms with Crippen LogP contribution in [0.15, 0.2) is 0 Å². The highest BCUT2D eigenvalue weighted by Gasteiger charge is 2.04. The van der Waals surface area contributed by atoms with Crippen molar-refractivity contribution in [3.8, 4) is 0 Å². The molecule has 0 aromatic carbocycles. The van der Waals surface area contributed by atoms with Crippen LogP contribution in [0.1, 0.15) is 13.3 Å². The summed E-state index contributed by atoms with van der Waals surface area (Å²) in [5, 5.41) is 9.25. The molecule has 0 spiro atoms. The second-order valence-corrected chi connectivity index (χ2v) is 3.89. The molecule has 2 atom stereocenters. The van der Waals surface area contributed by atoms with Crippen molar-refractivity contribution >= 4 is 11.8 Å². The number of aliphatic hydroxyl groups excluding tert-OH is 1. The molecular formula is C8H19NO2S. The fourth-order valence-electron chi connectivity index (χ4n) is 0.714. The molecule has 74 valence electrons. The third-order valence-corrected chi connectivity index (χ3v) is 2.81. The lowest BCUT2D eigenvalue weighted by molar-refractivity contribution is 0.0794. The highest BCUT2D eigenvalue weighted by molar-refractivity contribution is 7.99. The first kappa shape index (κ1) is 12.2. The molecule has 0 aliphatic heterocycles. The van der Waals surface area contributed by atoms with Crippen LogP contribution in [0, 0.1) is 0 Å². The molecule has 0 saturated heterocycles. The summed E-state index contributed by atoms with van der Waals surface area (Å²) in [5.41, 5.74) is 5.70. The molecule has 3 N–H and O–H groups in total. The molecule has 0 saturated carbocycles. The van der Waals surface area contributed by atoms with E-state index in [9.17, 15) is 5.11 Å². The van der Waals surface area contributed by atoms with E-state index in [1.54, 1.807) is 18.9 Å². The summed E-state index contributed by atoms with van der Waals surface area (Å²) in [5.74, 6) is 1.62. The van der Waals surface area contributed by atoms with Gasteiger partial charge in [0, 0.05) is 24.7 Å². The molecule has 0 fully saturated rings. The molecule has 0 aromatic heterocycles. The van der Waals surface area contributed by atoms with Gasteiger partial charge in [-0.2, -0.15) is 11.8 Å². The van der Waals surface area contributed by atoms with Gasteiger partial charge < -0.3 is 15.6 Å². The van der Waals surface area contributed by atoms with E-state index < -0.39 is 0 Å². The molecular weight excluding hydrogens is 174 g/mol. The molecule has 0 radical (unpaired) electrons. The summed E-state index contributed by atoms with van der Waals surface area (Å²) in [4.78, 5) is 0. The van der Waals surface area contributed by atoms with Crippen LogP contribution < -0.4 is 5.73 Å². The fourth-order valence-corrected chi connectivity index (χ4v) is 1.76. The molecule has 3 nitrogen and oxygen atoms in total. The molecule has 0 bridgehead atoms. The zero-order chi connectivity index (χ0) is 9.40. The van der Waals surface area contributed by atoms with E-state index in [2.05, 4.69) is 6.92 Å². The molecule has 12 heavy (non-hydrogen) atoms. The standard InChI is InChI=1S/C8H19NO2S/c1-3-7(9)5-12-6-8(10)4-11-2/h7-8,10H,3-6,9H2,1-2H3. The van der Waals surface area contributed by atoms with Gasteiger partial charge in [-0.3, -0.25) is 0 Å². The average Bonchev–Trinajstić information content (AvgIpc) is 2.04. The summed E-state index contributed by atoms with van der Waals surface area (Å²) in [6.45, 7) is 2.48. The van der Waals surface area contributed by atoms with Crippen molar-refractivity contribution in [2.75, 3.05) is 25.2 Å². The predicted molar refractivity (Wildman–Crippen MR) is 53.5 cm³/mol. The van der Waals surface area contributed by atoms with Gasteiger partial charge in [0.25, 0.3) is 0 Å². The largest absolute Gasteiger partial charge is 0.390 e. The van der Waals surface area contributed by atoms with Crippen molar-refractivity contribution < 1.29 is 9.84 Å². The van der Waals surface area contributed by atoms with Crippen LogP contribution in [0.2, 0.25) is 0 Å². The van der Waals surface area contributed by atoms with Gasteiger partial charge >= 0.3 is 0 Å². The van der Waals surface area contributed by atoms with Gasteiger partial charge in [0.2, 0.25) is 0 Å². The Balaban J connectivity index is 3.18. The maximum atomic E-state index is 9.25. The van der Waals surface area contributed by atoms with Crippen molar-refractivity contribution in [3.63, 3.8) is 0 Å². The van der Waals surface area contributed by atoms with Crippen LogP contribution in [-0.4, -0.2) is 42.5 Å². The zero-order valence-corrected chi connectivity index (χ0v) is 8.64. The fraction of sp³-hybridized carbons (Fsp3) is 1.00. The summed E-state index contributed by atoms with van der Waals surface area (Å²) in [6.07, 6.45) is 0.636. The monoisotopic (exact) mass is 193 g/mol. The smallest absolute Gasteiger partial charge is 0.0863 e. The number of hydrogen-bond donors (Lipinski definition) is 2. The van der Waals surface area contributed by atoms with E-state index in [0.717, 1.165) is 12.2 Å². The van der Waals surface area contributed by atoms with Crippen molar-refractivity contribution in [1.82, 2.24) is 0 Å². The van der Waals surface area contributed by atoms with Gasteiger partial charge in [-0.05, 0) is 6.42 Å². The Bertz CT molecular complexity index is 103. The second kappa shape index (κ2) is 7.86. The minimum atomic E-state index is -0.357. The van der Waals surface area contributed by atoms with E-state index in [1.807, 2.05) is 0 Å². The lowest BCUT2D eigenvalue weighted by Gasteiger charge is -2.11. The first-order valence-electron chi connectivity index (χ1n) is 4.21. The average molecular weight is 193 g/mol. The van der Waals surface area contributed by atoms with Gasteiger partial charge in [-0.25, -0.2) is 0 Å². The molecule has 0 rings (SSSR count). The van der Waals surface area contributed by atoms with Crippen LogP contribution >= 0.6 is 11.8 Å². The van der Waals surface area contributed by atoms with Crippen LogP contribution in [0.4, 0.5) is 0 Å². The summed E-state index contributed by atoms with van der Waals surface area (Å²) < 4.78 is 4.79. The SMILES string of the molecule is CCC(N)CSCC(O)COC. The van der Waals surface area contributed by atoms with E-state index in [1.165, 1.54) is 0 Å². The Morgan fingerprint density at radius 3 is 2.67 bits per heavy atom. The number of aliphatic hydroxyl groups is 1. The Morgan fingerprint density at radius 2 is 2.17 bits per heavy atom. The predicted octanol–water partition coefficient (Wildman–Crippen LogP) is 0.464. The Labute approximate surface area is 78.7 Å². The van der Waals surface area contributed by atoms with Crippen molar-refractivity contribution in [2.45, 2.75) is 25.5 Å². The number of hydrogen-bond acceptors (Lipinski definition) is 4. The van der Waals surface area contributed by atoms with Crippen LogP contribution in [0.25, 0.3) is 0 Å². The van der Waals surface area contributed by atoms with Crippen molar-refractivity contribution in [1.29, 1.82) is 0 Å². The van der Waals surface area contributed by atoms with Crippen LogP contribution in [-0.2, 0) is 4.74 Å². The van der Waals surface area contributed by atoms with E-state index >= 15 is 0 Å². The highest BCUT2D eigenvalue weighted by atomic mass is 32.2. The number of ether oxygens (including phenoxy) is 1. The normalized spacial score (nSPS) is 16.0. The Hall–Kier alpha value is 0.230. The molecule has 0 aliphatic rings. The molecule has 4 heteroatoms. The lowest BCUT2D eigenvalue weighted by atomic mass is 10.3. The van der Waals surface area contributed by atoms with Crippen LogP contribution in [0.3, 0.4) is 0 Å². The number of thioether (sulfide) groups is 1. The maximum Gasteiger partial charge on any atom is 0.0863 e. The third-order valence-electron chi connectivity index (χ3n) is 1.53. The lowest BCUT2D eigenvalue weighted by Crippen LogP contribution is -2.24. The summed E-state index contributed by atoms with van der Waals surface area (Å²) >= 11 is 1.68. The molecule has 0 aromatic rings. The van der Waals surface area contributed by atoms with Gasteiger partial charge in [-0.1, -0.05) is 6.92 Å². The minimum Gasteiger partial charge on any atom is -0.390 e. The quantitative estimate of drug-likeness (QED) is 0.617. The molecule has 0 amide bonds. The molecule has 0 heterocycles. The third kappa shape index (κ3) is 6.91. The van der Waals surface area contributed by atoms with Gasteiger partial charge in [-0.15, -0.1) is 0 Å². The topological polar surface area (TPSA) is 55.5 Å². The van der Waals surface area contributed by atoms with Gasteiger partial charge in [0.05, 0.1) is 12.7 Å². The summed E-state index contributed by atoms with van der Waals surface area (Å²) in [6, 6.07) is 0.254. The Kier molecular flexibility index (Phi) is 8.01. The van der Waals surface area contributed by atoms with Gasteiger partial charge in [0.1, 0.15) is 0 Å². The number of rotatable bonds is 7. The maximum absolute atomic E-state index is 9.25. The molecule has 2 unspecified atom stereocenters. The van der Waals surface area contributed by atoms with E-state index in [-0.39, 0.29) is 12.1 Å². The van der Waals surface area contributed by atoms with Gasteiger partial charge in [0.15, 0.2) is 0 Å². The highest BCUT2D eigenvalue weighted by Crippen LogP contribution is 2.05. The van der Waals surface area contributed by atoms with Crippen LogP contribution in [0.5, 0.6) is 0 Å². The van der Waals surface area contributed by atoms with Crippen molar-refractivity contribution in [2.24, 2.45) is 5.73 Å². The minimum absolute atomic E-state index is 0.254. The second-order valence-electron chi connectivity index (χ2n) is 2.81. The van der Waals surface area contributed by atoms with Crippen molar-refractivity contribution in [3.05, 3.63) is 0 Å². The van der Waals surface area contributed by atoms with E-state index in [4.69, 9.17) is 10.5 Å². The first-order chi connectivity index (χ1) is 5.70. The Morgan fingerprint density at radius 1 is 1.50 bits per heavy atom. The summed E-state index contributed by atoms with van der Waals surface area (Å²) in [7, 11) is 1.59. The number of nitrogens with two attached hydrogens (primary N) is 1. The number of methoxy groups -OCH3 is 1. The first-order valence-corrected chi connectivity index (χ1v) is 5.36. The molecule has 0 aliphatic carbocycles. The van der Waals surface area contributed by atoms with E-state index in [0.29, 0.717) is 12.4 Å².